The topological polar surface area (TPSA) is 110 Å². The van der Waals surface area contributed by atoms with Crippen LogP contribution in [0.4, 0.5) is 11.6 Å². The van der Waals surface area contributed by atoms with Gasteiger partial charge in [0.15, 0.2) is 5.16 Å². The predicted molar refractivity (Wildman–Crippen MR) is 111 cm³/mol. The van der Waals surface area contributed by atoms with Crippen molar-refractivity contribution >= 4 is 57.7 Å². The molecule has 0 aliphatic carbocycles. The number of thioether (sulfide) groups is 1. The van der Waals surface area contributed by atoms with Gasteiger partial charge >= 0.3 is 0 Å². The number of hydrogen-bond acceptors (Lipinski definition) is 9. The van der Waals surface area contributed by atoms with Crippen LogP contribution in [0.5, 0.6) is 0 Å². The highest BCUT2D eigenvalue weighted by molar-refractivity contribution is 7.99. The summed E-state index contributed by atoms with van der Waals surface area (Å²) in [5, 5.41) is 10.6. The zero-order chi connectivity index (χ0) is 18.8. The average molecular weight is 417 g/mol. The van der Waals surface area contributed by atoms with Gasteiger partial charge in [0.05, 0.1) is 22.4 Å². The summed E-state index contributed by atoms with van der Waals surface area (Å²) < 4.78 is 0. The lowest BCUT2D eigenvalue weighted by Crippen LogP contribution is -2.28. The number of hydrogen-bond donors (Lipinski definition) is 2. The molecule has 1 aliphatic heterocycles. The monoisotopic (exact) mass is 416 g/mol. The Morgan fingerprint density at radius 2 is 1.93 bits per heavy atom. The molecular weight excluding hydrogens is 400 g/mol. The van der Waals surface area contributed by atoms with Crippen molar-refractivity contribution in [2.24, 2.45) is 5.10 Å². The van der Waals surface area contributed by atoms with Crippen molar-refractivity contribution in [2.45, 2.75) is 17.6 Å². The van der Waals surface area contributed by atoms with E-state index in [1.807, 2.05) is 35.0 Å². The Morgan fingerprint density at radius 1 is 1.19 bits per heavy atom. The Hall–Kier alpha value is -2.43. The summed E-state index contributed by atoms with van der Waals surface area (Å²) in [4.78, 5) is 23.3. The lowest BCUT2D eigenvalue weighted by Gasteiger charge is -2.20. The van der Waals surface area contributed by atoms with E-state index < -0.39 is 0 Å². The van der Waals surface area contributed by atoms with Crippen molar-refractivity contribution < 1.29 is 4.79 Å². The fourth-order valence-electron chi connectivity index (χ4n) is 2.75. The third-order valence-corrected chi connectivity index (χ3v) is 6.64. The number of nitrogens with two attached hydrogens (primary N) is 2. The molecule has 0 spiro atoms. The highest BCUT2D eigenvalue weighted by atomic mass is 32.2. The fourth-order valence-corrected chi connectivity index (χ4v) is 5.01. The average Bonchev–Trinajstić information content (AvgIpc) is 3.39. The highest BCUT2D eigenvalue weighted by Crippen LogP contribution is 2.36. The normalized spacial score (nSPS) is 16.5. The van der Waals surface area contributed by atoms with Crippen molar-refractivity contribution in [3.05, 3.63) is 50.8 Å². The van der Waals surface area contributed by atoms with Gasteiger partial charge in [0.2, 0.25) is 0 Å². The molecule has 0 unspecified atom stereocenters. The second kappa shape index (κ2) is 7.67. The van der Waals surface area contributed by atoms with E-state index in [9.17, 15) is 4.79 Å². The highest BCUT2D eigenvalue weighted by Gasteiger charge is 2.34. The van der Waals surface area contributed by atoms with E-state index >= 15 is 0 Å². The van der Waals surface area contributed by atoms with Crippen LogP contribution in [-0.2, 0) is 4.79 Å². The summed E-state index contributed by atoms with van der Waals surface area (Å²) in [5.41, 5.74) is 12.3. The number of anilines is 2. The molecule has 0 aromatic carbocycles. The molecule has 7 nitrogen and oxygen atoms in total. The Labute approximate surface area is 168 Å². The number of thiophene rings is 2. The van der Waals surface area contributed by atoms with Gasteiger partial charge in [0.25, 0.3) is 5.91 Å². The molecule has 4 rings (SSSR count). The van der Waals surface area contributed by atoms with E-state index in [2.05, 4.69) is 15.1 Å². The molecular formula is C17H16N6OS3. The second-order valence-electron chi connectivity index (χ2n) is 5.79. The molecule has 1 amide bonds. The van der Waals surface area contributed by atoms with Gasteiger partial charge in [-0.1, -0.05) is 23.9 Å². The van der Waals surface area contributed by atoms with Crippen molar-refractivity contribution in [1.29, 1.82) is 0 Å². The van der Waals surface area contributed by atoms with E-state index in [4.69, 9.17) is 11.5 Å². The fraction of sp³-hybridized carbons (Fsp3) is 0.176. The summed E-state index contributed by atoms with van der Waals surface area (Å²) in [6, 6.07) is 9.45. The van der Waals surface area contributed by atoms with E-state index in [1.54, 1.807) is 27.7 Å². The van der Waals surface area contributed by atoms with Gasteiger partial charge in [-0.3, -0.25) is 4.79 Å². The van der Waals surface area contributed by atoms with Gasteiger partial charge in [-0.05, 0) is 22.9 Å². The summed E-state index contributed by atoms with van der Waals surface area (Å²) in [5.74, 6) is 0.627. The lowest BCUT2D eigenvalue weighted by atomic mass is 10.1. The molecule has 3 aromatic heterocycles. The maximum atomic E-state index is 12.9. The Bertz CT molecular complexity index is 950. The number of amides is 1. The van der Waals surface area contributed by atoms with Gasteiger partial charge in [-0.15, -0.1) is 22.7 Å². The van der Waals surface area contributed by atoms with Crippen LogP contribution in [0.25, 0.3) is 0 Å². The number of nitrogen functional groups attached to an aromatic ring is 2. The first-order chi connectivity index (χ1) is 13.1. The van der Waals surface area contributed by atoms with Crippen molar-refractivity contribution in [3.63, 3.8) is 0 Å². The molecule has 0 saturated heterocycles. The largest absolute Gasteiger partial charge is 0.383 e. The number of rotatable bonds is 5. The first-order valence-corrected chi connectivity index (χ1v) is 10.8. The van der Waals surface area contributed by atoms with Crippen LogP contribution in [0.1, 0.15) is 22.2 Å². The molecule has 0 fully saturated rings. The first kappa shape index (κ1) is 18.0. The van der Waals surface area contributed by atoms with E-state index in [1.165, 1.54) is 17.8 Å². The summed E-state index contributed by atoms with van der Waals surface area (Å²) >= 11 is 4.46. The van der Waals surface area contributed by atoms with Gasteiger partial charge < -0.3 is 11.5 Å². The summed E-state index contributed by atoms with van der Waals surface area (Å²) in [6.45, 7) is 0. The minimum atomic E-state index is -0.102. The molecule has 1 atom stereocenters. The zero-order valence-corrected chi connectivity index (χ0v) is 16.6. The van der Waals surface area contributed by atoms with Gasteiger partial charge in [0, 0.05) is 17.4 Å². The van der Waals surface area contributed by atoms with Gasteiger partial charge in [-0.25, -0.2) is 15.0 Å². The minimum absolute atomic E-state index is 0.0815. The Balaban J connectivity index is 1.53. The van der Waals surface area contributed by atoms with Gasteiger partial charge in [-0.2, -0.15) is 5.10 Å². The van der Waals surface area contributed by atoms with Crippen LogP contribution in [0.2, 0.25) is 0 Å². The van der Waals surface area contributed by atoms with Crippen LogP contribution < -0.4 is 11.5 Å². The van der Waals surface area contributed by atoms with E-state index in [0.717, 1.165) is 15.5 Å². The zero-order valence-electron chi connectivity index (χ0n) is 14.1. The Kier molecular flexibility index (Phi) is 5.10. The van der Waals surface area contributed by atoms with Crippen LogP contribution >= 0.6 is 34.4 Å². The van der Waals surface area contributed by atoms with Crippen LogP contribution in [0.15, 0.2) is 51.3 Å². The summed E-state index contributed by atoms with van der Waals surface area (Å²) in [6.07, 6.45) is 0.708. The Morgan fingerprint density at radius 3 is 2.59 bits per heavy atom. The number of carbonyl (C=O) groups excluding carboxylic acids is 1. The molecule has 1 aliphatic rings. The smallest absolute Gasteiger partial charge is 0.253 e. The number of hydrazone groups is 1. The molecule has 0 bridgehead atoms. The van der Waals surface area contributed by atoms with E-state index in [-0.39, 0.29) is 29.3 Å². The standard InChI is InChI=1S/C17H16N6OS3/c18-14-8-15(19)21-17(20-14)27-9-16(24)23-11(13-4-2-6-26-13)7-10(22-23)12-3-1-5-25-12/h1-6,8,11H,7,9H2,(H4,18,19,20,21)/t11-/m0/s1. The summed E-state index contributed by atoms with van der Waals surface area (Å²) in [7, 11) is 0. The molecule has 0 radical (unpaired) electrons. The van der Waals surface area contributed by atoms with Crippen molar-refractivity contribution in [2.75, 3.05) is 17.2 Å². The molecule has 10 heteroatoms. The van der Waals surface area contributed by atoms with Crippen molar-refractivity contribution in [1.82, 2.24) is 15.0 Å². The third-order valence-electron chi connectivity index (χ3n) is 3.91. The van der Waals surface area contributed by atoms with Crippen LogP contribution in [0, 0.1) is 0 Å². The maximum Gasteiger partial charge on any atom is 0.253 e. The SMILES string of the molecule is Nc1cc(N)nc(SCC(=O)N2N=C(c3cccs3)C[C@H]2c2cccs2)n1. The van der Waals surface area contributed by atoms with Crippen molar-refractivity contribution in [3.8, 4) is 0 Å². The maximum absolute atomic E-state index is 12.9. The second-order valence-corrected chi connectivity index (χ2v) is 8.66. The molecule has 4 N–H and O–H groups in total. The minimum Gasteiger partial charge on any atom is -0.383 e. The third kappa shape index (κ3) is 3.97. The molecule has 3 aromatic rings. The predicted octanol–water partition coefficient (Wildman–Crippen LogP) is 3.23. The van der Waals surface area contributed by atoms with Gasteiger partial charge in [0.1, 0.15) is 11.6 Å². The number of nitrogens with zero attached hydrogens (tertiary/aromatic N) is 4. The van der Waals surface area contributed by atoms with E-state index in [0.29, 0.717) is 11.6 Å². The van der Waals surface area contributed by atoms with Crippen LogP contribution in [-0.4, -0.2) is 32.3 Å². The number of aromatic nitrogens is 2. The quantitative estimate of drug-likeness (QED) is 0.488. The number of carbonyl (C=O) groups is 1. The lowest BCUT2D eigenvalue weighted by molar-refractivity contribution is -0.130. The molecule has 138 valence electrons. The molecule has 0 saturated carbocycles. The molecule has 27 heavy (non-hydrogen) atoms. The van der Waals surface area contributed by atoms with Crippen LogP contribution in [0.3, 0.4) is 0 Å². The first-order valence-electron chi connectivity index (χ1n) is 8.10. The molecule has 4 heterocycles.